The van der Waals surface area contributed by atoms with Crippen LogP contribution in [0.1, 0.15) is 46.8 Å². The summed E-state index contributed by atoms with van der Waals surface area (Å²) >= 11 is 6.09. The molecule has 0 amide bonds. The van der Waals surface area contributed by atoms with Gasteiger partial charge in [-0.3, -0.25) is 4.98 Å². The van der Waals surface area contributed by atoms with Crippen LogP contribution in [0.15, 0.2) is 60.9 Å². The molecule has 1 aromatic carbocycles. The summed E-state index contributed by atoms with van der Waals surface area (Å²) in [6.45, 7) is 2.38. The van der Waals surface area contributed by atoms with E-state index in [2.05, 4.69) is 50.9 Å². The van der Waals surface area contributed by atoms with Crippen LogP contribution in [0.2, 0.25) is 5.15 Å². The lowest BCUT2D eigenvalue weighted by Gasteiger charge is -2.25. The second-order valence-electron chi connectivity index (χ2n) is 7.25. The SMILES string of the molecule is Clc1ncccc1CNCc1ccc(CNC2CCCc3cccnc32)cc1. The summed E-state index contributed by atoms with van der Waals surface area (Å²) in [5.74, 6) is 0. The van der Waals surface area contributed by atoms with Gasteiger partial charge in [-0.15, -0.1) is 0 Å². The van der Waals surface area contributed by atoms with Gasteiger partial charge in [0.1, 0.15) is 5.15 Å². The lowest BCUT2D eigenvalue weighted by atomic mass is 9.92. The second-order valence-corrected chi connectivity index (χ2v) is 7.60. The Morgan fingerprint density at radius 3 is 2.46 bits per heavy atom. The average Bonchev–Trinajstić information content (AvgIpc) is 2.74. The van der Waals surface area contributed by atoms with Crippen molar-refractivity contribution in [3.63, 3.8) is 0 Å². The number of hydrogen-bond donors (Lipinski definition) is 2. The molecule has 4 nitrogen and oxygen atoms in total. The van der Waals surface area contributed by atoms with Crippen LogP contribution in [0.25, 0.3) is 0 Å². The van der Waals surface area contributed by atoms with E-state index in [0.717, 1.165) is 31.5 Å². The standard InChI is InChI=1S/C23H25ClN4/c24-23-20(6-3-13-27-23)16-25-14-17-8-10-18(11-9-17)15-28-21-7-1-4-19-5-2-12-26-22(19)21/h2-3,5-6,8-13,21,25,28H,1,4,7,14-16H2. The zero-order valence-corrected chi connectivity index (χ0v) is 16.6. The lowest BCUT2D eigenvalue weighted by Crippen LogP contribution is -2.25. The highest BCUT2D eigenvalue weighted by Gasteiger charge is 2.20. The maximum Gasteiger partial charge on any atom is 0.133 e. The Labute approximate surface area is 171 Å². The molecule has 2 aromatic heterocycles. The van der Waals surface area contributed by atoms with Gasteiger partial charge in [0.25, 0.3) is 0 Å². The zero-order chi connectivity index (χ0) is 19.2. The fourth-order valence-corrected chi connectivity index (χ4v) is 3.90. The number of fused-ring (bicyclic) bond motifs is 1. The van der Waals surface area contributed by atoms with Crippen molar-refractivity contribution in [3.8, 4) is 0 Å². The predicted octanol–water partition coefficient (Wildman–Crippen LogP) is 4.59. The zero-order valence-electron chi connectivity index (χ0n) is 15.9. The predicted molar refractivity (Wildman–Crippen MR) is 113 cm³/mol. The first-order chi connectivity index (χ1) is 13.8. The van der Waals surface area contributed by atoms with Crippen LogP contribution in [0.4, 0.5) is 0 Å². The first-order valence-electron chi connectivity index (χ1n) is 9.85. The molecule has 0 radical (unpaired) electrons. The number of nitrogens with zero attached hydrogens (tertiary/aromatic N) is 2. The van der Waals surface area contributed by atoms with Crippen LogP contribution in [-0.2, 0) is 26.1 Å². The topological polar surface area (TPSA) is 49.8 Å². The fourth-order valence-electron chi connectivity index (χ4n) is 3.72. The molecule has 1 aliphatic carbocycles. The molecule has 2 N–H and O–H groups in total. The van der Waals surface area contributed by atoms with E-state index in [4.69, 9.17) is 11.6 Å². The van der Waals surface area contributed by atoms with Gasteiger partial charge in [0.15, 0.2) is 0 Å². The molecule has 1 aliphatic rings. The minimum absolute atomic E-state index is 0.357. The summed E-state index contributed by atoms with van der Waals surface area (Å²) in [5, 5.41) is 7.67. The number of pyridine rings is 2. The molecule has 0 fully saturated rings. The van der Waals surface area contributed by atoms with Crippen molar-refractivity contribution >= 4 is 11.6 Å². The van der Waals surface area contributed by atoms with Crippen molar-refractivity contribution in [1.82, 2.24) is 20.6 Å². The van der Waals surface area contributed by atoms with Crippen molar-refractivity contribution in [1.29, 1.82) is 0 Å². The van der Waals surface area contributed by atoms with Crippen molar-refractivity contribution in [3.05, 3.63) is 94.0 Å². The Bertz CT molecular complexity index is 910. The molecule has 2 heterocycles. The minimum atomic E-state index is 0.357. The smallest absolute Gasteiger partial charge is 0.133 e. The molecule has 0 saturated heterocycles. The fraction of sp³-hybridized carbons (Fsp3) is 0.304. The molecule has 0 spiro atoms. The normalized spacial score (nSPS) is 16.0. The molecular formula is C23H25ClN4. The summed E-state index contributed by atoms with van der Waals surface area (Å²) in [6, 6.07) is 17.3. The maximum absolute atomic E-state index is 6.09. The molecule has 3 aromatic rings. The largest absolute Gasteiger partial charge is 0.309 e. The van der Waals surface area contributed by atoms with E-state index in [-0.39, 0.29) is 0 Å². The highest BCUT2D eigenvalue weighted by atomic mass is 35.5. The first-order valence-corrected chi connectivity index (χ1v) is 10.2. The van der Waals surface area contributed by atoms with Crippen molar-refractivity contribution in [2.75, 3.05) is 0 Å². The maximum atomic E-state index is 6.09. The van der Waals surface area contributed by atoms with Gasteiger partial charge in [-0.05, 0) is 48.1 Å². The molecule has 0 saturated carbocycles. The van der Waals surface area contributed by atoms with Crippen LogP contribution >= 0.6 is 11.6 Å². The van der Waals surface area contributed by atoms with Gasteiger partial charge in [-0.2, -0.15) is 0 Å². The lowest BCUT2D eigenvalue weighted by molar-refractivity contribution is 0.447. The molecule has 5 heteroatoms. The van der Waals surface area contributed by atoms with Gasteiger partial charge >= 0.3 is 0 Å². The summed E-state index contributed by atoms with van der Waals surface area (Å²) < 4.78 is 0. The van der Waals surface area contributed by atoms with E-state index in [9.17, 15) is 0 Å². The molecule has 1 unspecified atom stereocenters. The van der Waals surface area contributed by atoms with Crippen LogP contribution in [-0.4, -0.2) is 9.97 Å². The molecule has 0 aliphatic heterocycles. The third kappa shape index (κ3) is 4.76. The Balaban J connectivity index is 1.28. The van der Waals surface area contributed by atoms with Gasteiger partial charge in [0, 0.05) is 37.6 Å². The average molecular weight is 393 g/mol. The van der Waals surface area contributed by atoms with E-state index >= 15 is 0 Å². The Morgan fingerprint density at radius 2 is 1.64 bits per heavy atom. The van der Waals surface area contributed by atoms with Crippen LogP contribution in [0, 0.1) is 0 Å². The van der Waals surface area contributed by atoms with Gasteiger partial charge < -0.3 is 10.6 Å². The highest BCUT2D eigenvalue weighted by molar-refractivity contribution is 6.30. The van der Waals surface area contributed by atoms with E-state index in [1.165, 1.54) is 28.8 Å². The van der Waals surface area contributed by atoms with Crippen LogP contribution in [0.3, 0.4) is 0 Å². The first kappa shape index (κ1) is 19.1. The van der Waals surface area contributed by atoms with Gasteiger partial charge in [0.05, 0.1) is 11.7 Å². The second kappa shape index (κ2) is 9.28. The summed E-state index contributed by atoms with van der Waals surface area (Å²) in [6.07, 6.45) is 7.14. The Morgan fingerprint density at radius 1 is 0.893 bits per heavy atom. The molecule has 144 valence electrons. The number of halogens is 1. The number of nitrogens with one attached hydrogen (secondary N) is 2. The summed E-state index contributed by atoms with van der Waals surface area (Å²) in [5.41, 5.74) is 6.19. The number of aryl methyl sites for hydroxylation is 1. The molecular weight excluding hydrogens is 368 g/mol. The third-order valence-electron chi connectivity index (χ3n) is 5.25. The quantitative estimate of drug-likeness (QED) is 0.577. The molecule has 4 rings (SSSR count). The van der Waals surface area contributed by atoms with E-state index in [1.807, 2.05) is 24.4 Å². The van der Waals surface area contributed by atoms with Crippen molar-refractivity contribution in [2.45, 2.75) is 44.9 Å². The van der Waals surface area contributed by atoms with Crippen LogP contribution < -0.4 is 10.6 Å². The Hall–Kier alpha value is -2.27. The van der Waals surface area contributed by atoms with Gasteiger partial charge in [0.2, 0.25) is 0 Å². The highest BCUT2D eigenvalue weighted by Crippen LogP contribution is 2.27. The van der Waals surface area contributed by atoms with Crippen LogP contribution in [0.5, 0.6) is 0 Å². The minimum Gasteiger partial charge on any atom is -0.309 e. The summed E-state index contributed by atoms with van der Waals surface area (Å²) in [4.78, 5) is 8.71. The number of rotatable bonds is 7. The molecule has 28 heavy (non-hydrogen) atoms. The number of benzene rings is 1. The van der Waals surface area contributed by atoms with Crippen molar-refractivity contribution in [2.24, 2.45) is 0 Å². The monoisotopic (exact) mass is 392 g/mol. The molecule has 0 bridgehead atoms. The Kier molecular flexibility index (Phi) is 6.32. The van der Waals surface area contributed by atoms with Gasteiger partial charge in [-0.1, -0.05) is 48.0 Å². The third-order valence-corrected chi connectivity index (χ3v) is 5.59. The number of aromatic nitrogens is 2. The number of hydrogen-bond acceptors (Lipinski definition) is 4. The van der Waals surface area contributed by atoms with E-state index in [0.29, 0.717) is 17.7 Å². The van der Waals surface area contributed by atoms with E-state index in [1.54, 1.807) is 6.20 Å². The van der Waals surface area contributed by atoms with E-state index < -0.39 is 0 Å². The summed E-state index contributed by atoms with van der Waals surface area (Å²) in [7, 11) is 0. The molecule has 1 atom stereocenters. The van der Waals surface area contributed by atoms with Gasteiger partial charge in [-0.25, -0.2) is 4.98 Å². The van der Waals surface area contributed by atoms with Crippen molar-refractivity contribution < 1.29 is 0 Å².